The molecular formula is C16H16BrN5O. The smallest absolute Gasteiger partial charge is 0.268 e. The van der Waals surface area contributed by atoms with E-state index in [0.717, 1.165) is 15.7 Å². The van der Waals surface area contributed by atoms with Crippen molar-refractivity contribution in [1.82, 2.24) is 24.6 Å². The van der Waals surface area contributed by atoms with Crippen LogP contribution in [-0.4, -0.2) is 25.2 Å². The van der Waals surface area contributed by atoms with Gasteiger partial charge in [-0.15, -0.1) is 0 Å². The van der Waals surface area contributed by atoms with Crippen molar-refractivity contribution in [2.75, 3.05) is 0 Å². The Kier molecular flexibility index (Phi) is 4.29. The fourth-order valence-corrected chi connectivity index (χ4v) is 2.89. The fraction of sp³-hybridized carbons (Fsp3) is 0.188. The van der Waals surface area contributed by atoms with Crippen LogP contribution in [0.15, 0.2) is 53.7 Å². The first kappa shape index (κ1) is 15.5. The molecule has 3 aromatic rings. The van der Waals surface area contributed by atoms with Crippen molar-refractivity contribution in [3.63, 3.8) is 0 Å². The summed E-state index contributed by atoms with van der Waals surface area (Å²) in [6.07, 6.45) is 4.99. The predicted molar refractivity (Wildman–Crippen MR) is 90.4 cm³/mol. The van der Waals surface area contributed by atoms with E-state index in [9.17, 15) is 4.79 Å². The van der Waals surface area contributed by atoms with Crippen LogP contribution in [0, 0.1) is 0 Å². The second-order valence-corrected chi connectivity index (χ2v) is 6.20. The summed E-state index contributed by atoms with van der Waals surface area (Å²) in [6, 6.07) is 9.56. The van der Waals surface area contributed by atoms with Gasteiger partial charge in [-0.1, -0.05) is 12.1 Å². The van der Waals surface area contributed by atoms with E-state index in [1.165, 1.54) is 6.33 Å². The number of aryl methyl sites for hydroxylation is 1. The van der Waals surface area contributed by atoms with Crippen LogP contribution in [0.25, 0.3) is 5.69 Å². The van der Waals surface area contributed by atoms with Crippen LogP contribution < -0.4 is 5.32 Å². The molecule has 7 heteroatoms. The molecule has 2 heterocycles. The van der Waals surface area contributed by atoms with Gasteiger partial charge in [0.1, 0.15) is 18.3 Å². The highest BCUT2D eigenvalue weighted by Gasteiger charge is 2.15. The number of nitrogens with zero attached hydrogens (tertiary/aromatic N) is 4. The van der Waals surface area contributed by atoms with Gasteiger partial charge >= 0.3 is 0 Å². The van der Waals surface area contributed by atoms with Crippen molar-refractivity contribution in [2.45, 2.75) is 13.0 Å². The van der Waals surface area contributed by atoms with Crippen LogP contribution in [0.5, 0.6) is 0 Å². The third-order valence-corrected chi connectivity index (χ3v) is 4.06. The summed E-state index contributed by atoms with van der Waals surface area (Å²) in [5.41, 5.74) is 2.56. The first-order valence-electron chi connectivity index (χ1n) is 7.12. The van der Waals surface area contributed by atoms with Gasteiger partial charge in [0.15, 0.2) is 0 Å². The lowest BCUT2D eigenvalue weighted by molar-refractivity contribution is 0.0931. The van der Waals surface area contributed by atoms with Crippen molar-refractivity contribution in [3.8, 4) is 5.69 Å². The SMILES string of the molecule is C[C@@H](NC(=O)c1cc(Br)cn1C)c1ccc(-n2cncn2)cc1. The van der Waals surface area contributed by atoms with E-state index >= 15 is 0 Å². The monoisotopic (exact) mass is 373 g/mol. The zero-order valence-corrected chi connectivity index (χ0v) is 14.4. The number of nitrogens with one attached hydrogen (secondary N) is 1. The summed E-state index contributed by atoms with van der Waals surface area (Å²) in [6.45, 7) is 1.96. The van der Waals surface area contributed by atoms with E-state index in [0.29, 0.717) is 5.69 Å². The molecule has 0 bridgehead atoms. The lowest BCUT2D eigenvalue weighted by Gasteiger charge is -2.15. The molecule has 23 heavy (non-hydrogen) atoms. The van der Waals surface area contributed by atoms with Crippen LogP contribution in [0.4, 0.5) is 0 Å². The van der Waals surface area contributed by atoms with Crippen LogP contribution in [-0.2, 0) is 7.05 Å². The molecule has 3 rings (SSSR count). The molecule has 0 saturated carbocycles. The van der Waals surface area contributed by atoms with E-state index < -0.39 is 0 Å². The minimum atomic E-state index is -0.106. The maximum Gasteiger partial charge on any atom is 0.268 e. The first-order valence-corrected chi connectivity index (χ1v) is 7.91. The Hall–Kier alpha value is -2.41. The molecule has 0 unspecified atom stereocenters. The molecule has 0 saturated heterocycles. The second-order valence-electron chi connectivity index (χ2n) is 5.28. The molecule has 1 aromatic carbocycles. The standard InChI is InChI=1S/C16H16BrN5O/c1-11(20-16(23)15-7-13(17)8-21(15)2)12-3-5-14(6-4-12)22-10-18-9-19-22/h3-11H,1-2H3,(H,20,23)/t11-/m1/s1. The summed E-state index contributed by atoms with van der Waals surface area (Å²) in [5, 5.41) is 7.10. The second kappa shape index (κ2) is 6.37. The number of carbonyl (C=O) groups is 1. The Morgan fingerprint density at radius 3 is 2.61 bits per heavy atom. The molecule has 0 aliphatic heterocycles. The number of aromatic nitrogens is 4. The molecule has 0 aliphatic rings. The highest BCUT2D eigenvalue weighted by atomic mass is 79.9. The molecule has 6 nitrogen and oxygen atoms in total. The third-order valence-electron chi connectivity index (χ3n) is 3.63. The first-order chi connectivity index (χ1) is 11.0. The number of rotatable bonds is 4. The lowest BCUT2D eigenvalue weighted by Crippen LogP contribution is -2.28. The number of hydrogen-bond acceptors (Lipinski definition) is 3. The maximum atomic E-state index is 12.3. The molecule has 1 N–H and O–H groups in total. The predicted octanol–water partition coefficient (Wildman–Crippen LogP) is 2.86. The molecule has 0 fully saturated rings. The van der Waals surface area contributed by atoms with E-state index in [2.05, 4.69) is 31.3 Å². The van der Waals surface area contributed by atoms with Crippen molar-refractivity contribution in [1.29, 1.82) is 0 Å². The lowest BCUT2D eigenvalue weighted by atomic mass is 10.1. The van der Waals surface area contributed by atoms with Gasteiger partial charge in [0.05, 0.1) is 11.7 Å². The summed E-state index contributed by atoms with van der Waals surface area (Å²) in [7, 11) is 1.84. The quantitative estimate of drug-likeness (QED) is 0.764. The highest BCUT2D eigenvalue weighted by Crippen LogP contribution is 2.17. The van der Waals surface area contributed by atoms with E-state index in [1.807, 2.05) is 44.4 Å². The van der Waals surface area contributed by atoms with Gasteiger partial charge in [-0.3, -0.25) is 4.79 Å². The van der Waals surface area contributed by atoms with Gasteiger partial charge in [-0.2, -0.15) is 5.10 Å². The molecular weight excluding hydrogens is 358 g/mol. The van der Waals surface area contributed by atoms with Gasteiger partial charge < -0.3 is 9.88 Å². The minimum Gasteiger partial charge on any atom is -0.345 e. The van der Waals surface area contributed by atoms with Gasteiger partial charge in [0.25, 0.3) is 5.91 Å². The van der Waals surface area contributed by atoms with E-state index in [-0.39, 0.29) is 11.9 Å². The number of benzene rings is 1. The summed E-state index contributed by atoms with van der Waals surface area (Å²) < 4.78 is 4.36. The average Bonchev–Trinajstić information content (AvgIpc) is 3.17. The zero-order valence-electron chi connectivity index (χ0n) is 12.8. The summed E-state index contributed by atoms with van der Waals surface area (Å²) >= 11 is 3.38. The molecule has 1 amide bonds. The summed E-state index contributed by atoms with van der Waals surface area (Å²) in [4.78, 5) is 16.3. The Balaban J connectivity index is 1.72. The average molecular weight is 374 g/mol. The van der Waals surface area contributed by atoms with Crippen LogP contribution in [0.3, 0.4) is 0 Å². The van der Waals surface area contributed by atoms with Crippen LogP contribution in [0.2, 0.25) is 0 Å². The molecule has 0 spiro atoms. The van der Waals surface area contributed by atoms with Gasteiger partial charge in [0, 0.05) is 17.7 Å². The van der Waals surface area contributed by atoms with Crippen molar-refractivity contribution in [3.05, 3.63) is 64.9 Å². The fourth-order valence-electron chi connectivity index (χ4n) is 2.36. The number of halogens is 1. The van der Waals surface area contributed by atoms with Gasteiger partial charge in [-0.25, -0.2) is 9.67 Å². The van der Waals surface area contributed by atoms with Crippen LogP contribution in [0.1, 0.15) is 29.0 Å². The Labute approximate surface area is 142 Å². The Morgan fingerprint density at radius 1 is 1.30 bits per heavy atom. The summed E-state index contributed by atoms with van der Waals surface area (Å²) in [5.74, 6) is -0.106. The third kappa shape index (κ3) is 3.34. The number of carbonyl (C=O) groups excluding carboxylic acids is 1. The zero-order chi connectivity index (χ0) is 16.4. The molecule has 0 radical (unpaired) electrons. The molecule has 118 valence electrons. The molecule has 0 aliphatic carbocycles. The van der Waals surface area contributed by atoms with Gasteiger partial charge in [0.2, 0.25) is 0 Å². The van der Waals surface area contributed by atoms with Gasteiger partial charge in [-0.05, 0) is 46.6 Å². The molecule has 1 atom stereocenters. The topological polar surface area (TPSA) is 64.7 Å². The van der Waals surface area contributed by atoms with Crippen molar-refractivity contribution in [2.24, 2.45) is 7.05 Å². The normalized spacial score (nSPS) is 12.1. The maximum absolute atomic E-state index is 12.3. The Morgan fingerprint density at radius 2 is 2.04 bits per heavy atom. The largest absolute Gasteiger partial charge is 0.345 e. The molecule has 2 aromatic heterocycles. The van der Waals surface area contributed by atoms with Crippen LogP contribution >= 0.6 is 15.9 Å². The number of amides is 1. The highest BCUT2D eigenvalue weighted by molar-refractivity contribution is 9.10. The number of hydrogen-bond donors (Lipinski definition) is 1. The van der Waals surface area contributed by atoms with Crippen molar-refractivity contribution < 1.29 is 4.79 Å². The van der Waals surface area contributed by atoms with E-state index in [1.54, 1.807) is 21.6 Å². The Bertz CT molecular complexity index is 808. The van der Waals surface area contributed by atoms with Crippen molar-refractivity contribution >= 4 is 21.8 Å². The van der Waals surface area contributed by atoms with E-state index in [4.69, 9.17) is 0 Å². The minimum absolute atomic E-state index is 0.0963.